The fourth-order valence-corrected chi connectivity index (χ4v) is 3.52. The second-order valence-corrected chi connectivity index (χ2v) is 6.40. The molecule has 0 radical (unpaired) electrons. The predicted octanol–water partition coefficient (Wildman–Crippen LogP) is 3.56. The monoisotopic (exact) mass is 351 g/mol. The first-order valence-corrected chi connectivity index (χ1v) is 8.68. The van der Waals surface area contributed by atoms with Gasteiger partial charge in [0.2, 0.25) is 0 Å². The number of likely N-dealkylation sites (tertiary alicyclic amines) is 1. The number of hydrogen-bond donors (Lipinski definition) is 1. The van der Waals surface area contributed by atoms with E-state index in [4.69, 9.17) is 9.47 Å². The maximum atomic E-state index is 13.2. The van der Waals surface area contributed by atoms with Crippen LogP contribution < -0.4 is 9.47 Å². The number of amides is 1. The van der Waals surface area contributed by atoms with Crippen molar-refractivity contribution in [2.45, 2.75) is 18.9 Å². The van der Waals surface area contributed by atoms with Crippen LogP contribution in [-0.4, -0.2) is 41.5 Å². The Morgan fingerprint density at radius 3 is 2.58 bits per heavy atom. The minimum atomic E-state index is -0.0490. The van der Waals surface area contributed by atoms with Gasteiger partial charge in [-0.15, -0.1) is 0 Å². The number of methoxy groups -OCH3 is 2. The number of ether oxygens (including phenoxy) is 2. The van der Waals surface area contributed by atoms with Crippen molar-refractivity contribution in [1.82, 2.24) is 14.9 Å². The summed E-state index contributed by atoms with van der Waals surface area (Å²) in [5.74, 6) is 2.01. The molecule has 1 amide bonds. The quantitative estimate of drug-likeness (QED) is 0.780. The average molecular weight is 351 g/mol. The molecule has 1 aliphatic heterocycles. The number of hydrogen-bond acceptors (Lipinski definition) is 4. The average Bonchev–Trinajstić information content (AvgIpc) is 3.33. The van der Waals surface area contributed by atoms with E-state index in [1.165, 1.54) is 0 Å². The van der Waals surface area contributed by atoms with Gasteiger partial charge < -0.3 is 19.4 Å². The molecule has 1 atom stereocenters. The highest BCUT2D eigenvalue weighted by atomic mass is 16.5. The van der Waals surface area contributed by atoms with E-state index in [0.29, 0.717) is 23.6 Å². The van der Waals surface area contributed by atoms with Gasteiger partial charge in [-0.1, -0.05) is 12.1 Å². The molecule has 0 bridgehead atoms. The van der Waals surface area contributed by atoms with Crippen LogP contribution in [0, 0.1) is 0 Å². The van der Waals surface area contributed by atoms with E-state index in [-0.39, 0.29) is 11.9 Å². The van der Waals surface area contributed by atoms with Gasteiger partial charge in [-0.2, -0.15) is 0 Å². The number of benzene rings is 2. The van der Waals surface area contributed by atoms with Crippen molar-refractivity contribution in [1.29, 1.82) is 0 Å². The maximum Gasteiger partial charge on any atom is 0.254 e. The summed E-state index contributed by atoms with van der Waals surface area (Å²) < 4.78 is 10.6. The Morgan fingerprint density at radius 1 is 1.15 bits per heavy atom. The summed E-state index contributed by atoms with van der Waals surface area (Å²) >= 11 is 0. The van der Waals surface area contributed by atoms with Crippen LogP contribution in [0.2, 0.25) is 0 Å². The van der Waals surface area contributed by atoms with Crippen LogP contribution in [0.5, 0.6) is 11.5 Å². The number of nitrogens with zero attached hydrogens (tertiary/aromatic N) is 2. The number of rotatable bonds is 4. The van der Waals surface area contributed by atoms with E-state index in [2.05, 4.69) is 9.97 Å². The first-order valence-electron chi connectivity index (χ1n) is 8.68. The van der Waals surface area contributed by atoms with Crippen LogP contribution in [0.4, 0.5) is 0 Å². The fourth-order valence-electron chi connectivity index (χ4n) is 3.52. The normalized spacial score (nSPS) is 16.8. The smallest absolute Gasteiger partial charge is 0.254 e. The summed E-state index contributed by atoms with van der Waals surface area (Å²) in [6.45, 7) is 0.708. The first kappa shape index (κ1) is 16.4. The van der Waals surface area contributed by atoms with Crippen LogP contribution in [0.25, 0.3) is 11.0 Å². The molecule has 2 heterocycles. The van der Waals surface area contributed by atoms with Crippen molar-refractivity contribution >= 4 is 16.9 Å². The van der Waals surface area contributed by atoms with Crippen LogP contribution in [0.15, 0.2) is 42.5 Å². The molecule has 26 heavy (non-hydrogen) atoms. The number of aromatic amines is 1. The Hall–Kier alpha value is -3.02. The molecule has 0 spiro atoms. The Morgan fingerprint density at radius 2 is 1.88 bits per heavy atom. The van der Waals surface area contributed by atoms with E-state index in [0.717, 1.165) is 29.7 Å². The molecule has 1 saturated heterocycles. The molecule has 0 unspecified atom stereocenters. The lowest BCUT2D eigenvalue weighted by molar-refractivity contribution is 0.0730. The zero-order valence-corrected chi connectivity index (χ0v) is 14.9. The molecule has 0 aliphatic carbocycles. The molecule has 1 fully saturated rings. The number of imidazole rings is 1. The second-order valence-electron chi connectivity index (χ2n) is 6.40. The van der Waals surface area contributed by atoms with E-state index in [1.54, 1.807) is 32.4 Å². The summed E-state index contributed by atoms with van der Waals surface area (Å²) in [7, 11) is 3.16. The minimum Gasteiger partial charge on any atom is -0.497 e. The van der Waals surface area contributed by atoms with Crippen molar-refractivity contribution in [2.24, 2.45) is 0 Å². The van der Waals surface area contributed by atoms with Gasteiger partial charge in [0.25, 0.3) is 5.91 Å². The highest BCUT2D eigenvalue weighted by Gasteiger charge is 2.33. The number of aromatic nitrogens is 2. The van der Waals surface area contributed by atoms with E-state index in [1.807, 2.05) is 29.2 Å². The van der Waals surface area contributed by atoms with Gasteiger partial charge in [0.05, 0.1) is 31.3 Å². The van der Waals surface area contributed by atoms with Crippen molar-refractivity contribution in [3.05, 3.63) is 53.9 Å². The topological polar surface area (TPSA) is 67.5 Å². The molecule has 134 valence electrons. The molecule has 2 aromatic carbocycles. The van der Waals surface area contributed by atoms with Crippen molar-refractivity contribution in [3.8, 4) is 11.5 Å². The molecule has 6 heteroatoms. The Bertz CT molecular complexity index is 895. The lowest BCUT2D eigenvalue weighted by Crippen LogP contribution is -2.31. The largest absolute Gasteiger partial charge is 0.497 e. The first-order chi connectivity index (χ1) is 12.7. The van der Waals surface area contributed by atoms with E-state index in [9.17, 15) is 4.79 Å². The molecule has 3 aromatic rings. The molecule has 4 rings (SSSR count). The third kappa shape index (κ3) is 2.87. The summed E-state index contributed by atoms with van der Waals surface area (Å²) in [5.41, 5.74) is 2.47. The molecule has 6 nitrogen and oxygen atoms in total. The number of fused-ring (bicyclic) bond motifs is 1. The van der Waals surface area contributed by atoms with Gasteiger partial charge in [0.15, 0.2) is 0 Å². The fraction of sp³-hybridized carbons (Fsp3) is 0.300. The third-order valence-electron chi connectivity index (χ3n) is 4.84. The lowest BCUT2D eigenvalue weighted by Gasteiger charge is -2.23. The van der Waals surface area contributed by atoms with E-state index >= 15 is 0 Å². The Kier molecular flexibility index (Phi) is 4.24. The van der Waals surface area contributed by atoms with Crippen molar-refractivity contribution in [2.75, 3.05) is 20.8 Å². The predicted molar refractivity (Wildman–Crippen MR) is 98.7 cm³/mol. The molecular formula is C20H21N3O3. The number of H-pyrrole nitrogens is 1. The minimum absolute atomic E-state index is 0.0369. The molecular weight excluding hydrogens is 330 g/mol. The van der Waals surface area contributed by atoms with E-state index < -0.39 is 0 Å². The van der Waals surface area contributed by atoms with Crippen LogP contribution in [0.3, 0.4) is 0 Å². The standard InChI is InChI=1S/C20H21N3O3/c1-25-14-10-13(11-15(12-14)26-2)20(24)23-9-5-8-18(23)19-21-16-6-3-4-7-17(16)22-19/h3-4,6-7,10-12,18H,5,8-9H2,1-2H3,(H,21,22)/t18-/m0/s1. The van der Waals surface area contributed by atoms with Gasteiger partial charge >= 0.3 is 0 Å². The highest BCUT2D eigenvalue weighted by Crippen LogP contribution is 2.34. The summed E-state index contributed by atoms with van der Waals surface area (Å²) in [6, 6.07) is 13.1. The van der Waals surface area contributed by atoms with Crippen LogP contribution in [0.1, 0.15) is 35.1 Å². The van der Waals surface area contributed by atoms with Crippen molar-refractivity contribution < 1.29 is 14.3 Å². The van der Waals surface area contributed by atoms with Crippen LogP contribution in [-0.2, 0) is 0 Å². The zero-order valence-electron chi connectivity index (χ0n) is 14.9. The van der Waals surface area contributed by atoms with Gasteiger partial charge in [-0.05, 0) is 37.1 Å². The van der Waals surface area contributed by atoms with Gasteiger partial charge in [0, 0.05) is 18.2 Å². The number of nitrogens with one attached hydrogen (secondary N) is 1. The van der Waals surface area contributed by atoms with Gasteiger partial charge in [-0.25, -0.2) is 4.98 Å². The second kappa shape index (κ2) is 6.71. The number of carbonyl (C=O) groups is 1. The lowest BCUT2D eigenvalue weighted by atomic mass is 10.1. The molecule has 1 N–H and O–H groups in total. The summed E-state index contributed by atoms with van der Waals surface area (Å²) in [6.07, 6.45) is 1.85. The number of carbonyl (C=O) groups excluding carboxylic acids is 1. The summed E-state index contributed by atoms with van der Waals surface area (Å²) in [4.78, 5) is 23.1. The SMILES string of the molecule is COc1cc(OC)cc(C(=O)N2CCC[C@H]2c2nc3ccccc3[nH]2)c1. The molecule has 1 aliphatic rings. The third-order valence-corrected chi connectivity index (χ3v) is 4.84. The highest BCUT2D eigenvalue weighted by molar-refractivity contribution is 5.95. The number of para-hydroxylation sites is 2. The molecule has 0 saturated carbocycles. The van der Waals surface area contributed by atoms with Crippen LogP contribution >= 0.6 is 0 Å². The maximum absolute atomic E-state index is 13.2. The Balaban J connectivity index is 1.66. The zero-order chi connectivity index (χ0) is 18.1. The summed E-state index contributed by atoms with van der Waals surface area (Å²) in [5, 5.41) is 0. The van der Waals surface area contributed by atoms with Gasteiger partial charge in [-0.3, -0.25) is 4.79 Å². The van der Waals surface area contributed by atoms with Gasteiger partial charge in [0.1, 0.15) is 17.3 Å². The molecule has 1 aromatic heterocycles. The Labute approximate surface area is 151 Å². The van der Waals surface area contributed by atoms with Crippen molar-refractivity contribution in [3.63, 3.8) is 0 Å².